The van der Waals surface area contributed by atoms with Crippen LogP contribution >= 0.6 is 0 Å². The molecule has 0 aliphatic heterocycles. The van der Waals surface area contributed by atoms with Crippen LogP contribution in [0.15, 0.2) is 39.5 Å². The van der Waals surface area contributed by atoms with Gasteiger partial charge >= 0.3 is 35.2 Å². The summed E-state index contributed by atoms with van der Waals surface area (Å²) in [6.45, 7) is 0. The Labute approximate surface area is 97.8 Å². The molecule has 0 atom stereocenters. The molecular weight excluding hydrogens is 179 g/mol. The van der Waals surface area contributed by atoms with Crippen molar-refractivity contribution in [3.8, 4) is 5.75 Å². The molecule has 0 saturated carbocycles. The van der Waals surface area contributed by atoms with E-state index in [1.54, 1.807) is 24.3 Å². The Morgan fingerprint density at radius 3 is 2.77 bits per heavy atom. The van der Waals surface area contributed by atoms with Crippen LogP contribution < -0.4 is 35.2 Å². The third kappa shape index (κ3) is 1.94. The largest absolute Gasteiger partial charge is 1.00 e. The fourth-order valence-corrected chi connectivity index (χ4v) is 1.09. The van der Waals surface area contributed by atoms with Crippen LogP contribution in [0, 0.1) is 0 Å². The summed E-state index contributed by atoms with van der Waals surface area (Å²) in [4.78, 5) is 10.8. The first kappa shape index (κ1) is 10.3. The molecule has 1 aromatic carbocycles. The normalized spacial score (nSPS) is 9.54. The minimum Gasteiger partial charge on any atom is -1.00 e. The summed E-state index contributed by atoms with van der Waals surface area (Å²) in [5.74, 6) is -0.0400. The molecule has 1 aromatic heterocycles. The SMILES string of the molecule is O=c1cc(O)c2ccccc2o1.[H-].[Na+]. The van der Waals surface area contributed by atoms with Gasteiger partial charge in [0.1, 0.15) is 11.3 Å². The molecule has 0 amide bonds. The number of hydrogen-bond donors (Lipinski definition) is 1. The third-order valence-corrected chi connectivity index (χ3v) is 1.63. The van der Waals surface area contributed by atoms with E-state index in [9.17, 15) is 9.90 Å². The van der Waals surface area contributed by atoms with Crippen molar-refractivity contribution in [1.82, 2.24) is 0 Å². The van der Waals surface area contributed by atoms with E-state index in [2.05, 4.69) is 0 Å². The van der Waals surface area contributed by atoms with Crippen molar-refractivity contribution >= 4 is 11.0 Å². The first-order valence-corrected chi connectivity index (χ1v) is 3.49. The van der Waals surface area contributed by atoms with Gasteiger partial charge in [-0.3, -0.25) is 0 Å². The molecule has 0 aliphatic carbocycles. The Morgan fingerprint density at radius 1 is 1.31 bits per heavy atom. The number of para-hydroxylation sites is 1. The summed E-state index contributed by atoms with van der Waals surface area (Å²) in [7, 11) is 0. The molecule has 1 heterocycles. The van der Waals surface area contributed by atoms with Gasteiger partial charge in [0.15, 0.2) is 0 Å². The Kier molecular flexibility index (Phi) is 3.14. The Bertz CT molecular complexity index is 481. The molecule has 2 aromatic rings. The number of fused-ring (bicyclic) bond motifs is 1. The smallest absolute Gasteiger partial charge is 1.00 e. The third-order valence-electron chi connectivity index (χ3n) is 1.63. The molecule has 0 bridgehead atoms. The Morgan fingerprint density at radius 2 is 2.00 bits per heavy atom. The van der Waals surface area contributed by atoms with E-state index in [1.165, 1.54) is 0 Å². The molecule has 13 heavy (non-hydrogen) atoms. The van der Waals surface area contributed by atoms with Crippen LogP contribution in [0.1, 0.15) is 1.43 Å². The van der Waals surface area contributed by atoms with Gasteiger partial charge in [-0.1, -0.05) is 12.1 Å². The predicted molar refractivity (Wildman–Crippen MR) is 45.3 cm³/mol. The van der Waals surface area contributed by atoms with Crippen LogP contribution in [0.3, 0.4) is 0 Å². The first-order chi connectivity index (χ1) is 5.77. The van der Waals surface area contributed by atoms with Gasteiger partial charge < -0.3 is 11.0 Å². The van der Waals surface area contributed by atoms with E-state index < -0.39 is 5.63 Å². The van der Waals surface area contributed by atoms with Gasteiger partial charge in [0.25, 0.3) is 0 Å². The summed E-state index contributed by atoms with van der Waals surface area (Å²) in [5.41, 5.74) is -0.131. The van der Waals surface area contributed by atoms with Crippen molar-refractivity contribution in [3.63, 3.8) is 0 Å². The molecule has 0 spiro atoms. The fourth-order valence-electron chi connectivity index (χ4n) is 1.09. The first-order valence-electron chi connectivity index (χ1n) is 3.49. The molecule has 62 valence electrons. The van der Waals surface area contributed by atoms with Crippen molar-refractivity contribution in [2.75, 3.05) is 0 Å². The average Bonchev–Trinajstić information content (AvgIpc) is 2.04. The monoisotopic (exact) mass is 186 g/mol. The van der Waals surface area contributed by atoms with Crippen molar-refractivity contribution in [2.45, 2.75) is 0 Å². The Balaban J connectivity index is 0.000000845. The fraction of sp³-hybridized carbons (Fsp3) is 0. The summed E-state index contributed by atoms with van der Waals surface area (Å²) in [6, 6.07) is 7.89. The molecular formula is C9H7NaO3. The second-order valence-corrected chi connectivity index (χ2v) is 2.45. The molecule has 2 rings (SSSR count). The second-order valence-electron chi connectivity index (χ2n) is 2.45. The summed E-state index contributed by atoms with van der Waals surface area (Å²) < 4.78 is 4.83. The van der Waals surface area contributed by atoms with Gasteiger partial charge in [0.05, 0.1) is 11.5 Å². The van der Waals surface area contributed by atoms with E-state index >= 15 is 0 Å². The maximum absolute atomic E-state index is 10.8. The molecule has 0 unspecified atom stereocenters. The molecule has 0 fully saturated rings. The molecule has 0 radical (unpaired) electrons. The maximum Gasteiger partial charge on any atom is 1.00 e. The van der Waals surface area contributed by atoms with Gasteiger partial charge in [0, 0.05) is 0 Å². The van der Waals surface area contributed by atoms with E-state index in [-0.39, 0.29) is 36.7 Å². The van der Waals surface area contributed by atoms with E-state index in [4.69, 9.17) is 4.42 Å². The number of rotatable bonds is 0. The van der Waals surface area contributed by atoms with Crippen LogP contribution in [0.4, 0.5) is 0 Å². The van der Waals surface area contributed by atoms with Crippen LogP contribution in [0.5, 0.6) is 5.75 Å². The molecule has 1 N–H and O–H groups in total. The number of hydrogen-bond acceptors (Lipinski definition) is 3. The van der Waals surface area contributed by atoms with Gasteiger partial charge in [-0.2, -0.15) is 0 Å². The van der Waals surface area contributed by atoms with Crippen molar-refractivity contribution in [3.05, 3.63) is 40.8 Å². The van der Waals surface area contributed by atoms with Gasteiger partial charge in [0.2, 0.25) is 0 Å². The summed E-state index contributed by atoms with van der Waals surface area (Å²) in [6.07, 6.45) is 0. The van der Waals surface area contributed by atoms with Crippen LogP contribution in [-0.4, -0.2) is 5.11 Å². The zero-order chi connectivity index (χ0) is 8.55. The van der Waals surface area contributed by atoms with Crippen LogP contribution in [-0.2, 0) is 0 Å². The molecule has 0 aliphatic rings. The summed E-state index contributed by atoms with van der Waals surface area (Å²) in [5, 5.41) is 9.84. The van der Waals surface area contributed by atoms with Crippen LogP contribution in [0.2, 0.25) is 0 Å². The van der Waals surface area contributed by atoms with Gasteiger partial charge in [-0.15, -0.1) is 0 Å². The van der Waals surface area contributed by atoms with Crippen molar-refractivity contribution in [1.29, 1.82) is 0 Å². The molecule has 3 nitrogen and oxygen atoms in total. The van der Waals surface area contributed by atoms with Gasteiger partial charge in [-0.05, 0) is 12.1 Å². The molecule has 0 saturated heterocycles. The zero-order valence-corrected chi connectivity index (χ0v) is 9.15. The quantitative estimate of drug-likeness (QED) is 0.407. The van der Waals surface area contributed by atoms with E-state index in [0.717, 1.165) is 6.07 Å². The predicted octanol–water partition coefficient (Wildman–Crippen LogP) is -1.38. The minimum atomic E-state index is -0.536. The second kappa shape index (κ2) is 3.96. The average molecular weight is 186 g/mol. The number of aromatic hydroxyl groups is 1. The number of benzene rings is 1. The zero-order valence-electron chi connectivity index (χ0n) is 8.15. The van der Waals surface area contributed by atoms with Crippen molar-refractivity contribution < 1.29 is 40.5 Å². The van der Waals surface area contributed by atoms with Gasteiger partial charge in [-0.25, -0.2) is 4.79 Å². The standard InChI is InChI=1S/C9H6O3.Na.H/c10-7-5-9(11)12-8-4-2-1-3-6(7)8;;/h1-5,10H;;/q;+1;-1. The minimum absolute atomic E-state index is 0. The van der Waals surface area contributed by atoms with E-state index in [0.29, 0.717) is 11.0 Å². The van der Waals surface area contributed by atoms with Crippen LogP contribution in [0.25, 0.3) is 11.0 Å². The maximum atomic E-state index is 10.8. The summed E-state index contributed by atoms with van der Waals surface area (Å²) >= 11 is 0. The van der Waals surface area contributed by atoms with Crippen molar-refractivity contribution in [2.24, 2.45) is 0 Å². The topological polar surface area (TPSA) is 50.4 Å². The van der Waals surface area contributed by atoms with E-state index in [1.807, 2.05) is 0 Å². The Hall–Kier alpha value is -0.770. The molecule has 4 heteroatoms.